The molecule has 0 aromatic rings. The van der Waals surface area contributed by atoms with E-state index in [1.54, 1.807) is 0 Å². The summed E-state index contributed by atoms with van der Waals surface area (Å²) >= 11 is 0. The van der Waals surface area contributed by atoms with Crippen molar-refractivity contribution in [3.8, 4) is 0 Å². The molecule has 0 rings (SSSR count). The van der Waals surface area contributed by atoms with E-state index >= 15 is 0 Å². The summed E-state index contributed by atoms with van der Waals surface area (Å²) in [5.74, 6) is 2.25. The fourth-order valence-electron chi connectivity index (χ4n) is 3.28. The van der Waals surface area contributed by atoms with Crippen molar-refractivity contribution in [2.75, 3.05) is 77.0 Å². The van der Waals surface area contributed by atoms with Gasteiger partial charge in [-0.3, -0.25) is 0 Å². The molecule has 0 atom stereocenters. The third-order valence-corrected chi connectivity index (χ3v) is 7.53. The molecule has 0 aliphatic rings. The minimum Gasteiger partial charge on any atom is -0.444 e. The molecule has 2 amide bonds. The number of amides is 2. The van der Waals surface area contributed by atoms with Crippen LogP contribution in [0.15, 0.2) is 0 Å². The van der Waals surface area contributed by atoms with Crippen LogP contribution in [0.25, 0.3) is 0 Å². The maximum absolute atomic E-state index is 11.5. The van der Waals surface area contributed by atoms with Gasteiger partial charge in [0.15, 0.2) is 0 Å². The lowest BCUT2D eigenvalue weighted by molar-refractivity contribution is 0.0515. The summed E-state index contributed by atoms with van der Waals surface area (Å²) in [5.41, 5.74) is -0.885. The molecule has 6 N–H and O–H groups in total. The van der Waals surface area contributed by atoms with Crippen LogP contribution in [0.5, 0.6) is 0 Å². The smallest absolute Gasteiger partial charge is 0.407 e. The Labute approximate surface area is 252 Å². The second kappa shape index (κ2) is 25.8. The number of hydrogen-bond acceptors (Lipinski definition) is 10. The van der Waals surface area contributed by atoms with Crippen LogP contribution in [0.4, 0.5) is 9.59 Å². The van der Waals surface area contributed by atoms with Crippen molar-refractivity contribution in [1.82, 2.24) is 31.9 Å². The third kappa shape index (κ3) is 33.3. The molecular formula is C28H60N6O4S2. The van der Waals surface area contributed by atoms with Gasteiger partial charge in [0.2, 0.25) is 0 Å². The van der Waals surface area contributed by atoms with Crippen LogP contribution in [-0.2, 0) is 9.47 Å². The molecule has 40 heavy (non-hydrogen) atoms. The highest BCUT2D eigenvalue weighted by atomic mass is 33.1. The van der Waals surface area contributed by atoms with Crippen LogP contribution in [-0.4, -0.2) is 100 Å². The standard InChI is InChI=1S/C28H60N6O4S2/c1-27(2,3)37-25(35)33-19-9-7-13-29-15-11-17-31-21-23-39-40-24-22-32-18-12-16-30-14-8-10-20-34-26(36)38-28(4,5)6/h29-32H,7-24H2,1-6H3,(H,33,35)(H,34,36). The van der Waals surface area contributed by atoms with Crippen LogP contribution in [0, 0.1) is 0 Å². The number of rotatable bonds is 25. The third-order valence-electron chi connectivity index (χ3n) is 5.12. The van der Waals surface area contributed by atoms with Gasteiger partial charge in [-0.2, -0.15) is 0 Å². The maximum atomic E-state index is 11.5. The van der Waals surface area contributed by atoms with Gasteiger partial charge in [0.1, 0.15) is 11.2 Å². The Morgan fingerprint density at radius 3 is 1.12 bits per heavy atom. The van der Waals surface area contributed by atoms with Gasteiger partial charge >= 0.3 is 12.2 Å². The Balaban J connectivity index is 3.17. The lowest BCUT2D eigenvalue weighted by Crippen LogP contribution is -2.33. The number of carbonyl (C=O) groups is 2. The number of nitrogens with one attached hydrogen (secondary N) is 6. The van der Waals surface area contributed by atoms with Gasteiger partial charge in [0.25, 0.3) is 0 Å². The lowest BCUT2D eigenvalue weighted by atomic mass is 10.2. The predicted molar refractivity (Wildman–Crippen MR) is 173 cm³/mol. The van der Waals surface area contributed by atoms with E-state index < -0.39 is 11.2 Å². The molecule has 0 radical (unpaired) electrons. The van der Waals surface area contributed by atoms with Crippen LogP contribution in [0.2, 0.25) is 0 Å². The number of ether oxygens (including phenoxy) is 2. The normalized spacial score (nSPS) is 11.8. The van der Waals surface area contributed by atoms with E-state index in [1.165, 1.54) is 0 Å². The van der Waals surface area contributed by atoms with E-state index in [-0.39, 0.29) is 12.2 Å². The molecule has 0 aliphatic carbocycles. The first-order chi connectivity index (χ1) is 19.0. The molecule has 0 saturated carbocycles. The van der Waals surface area contributed by atoms with E-state index in [9.17, 15) is 9.59 Å². The summed E-state index contributed by atoms with van der Waals surface area (Å²) in [7, 11) is 3.87. The summed E-state index contributed by atoms with van der Waals surface area (Å²) < 4.78 is 10.4. The highest BCUT2D eigenvalue weighted by molar-refractivity contribution is 8.76. The van der Waals surface area contributed by atoms with E-state index in [0.29, 0.717) is 13.1 Å². The molecule has 0 aromatic heterocycles. The molecule has 12 heteroatoms. The van der Waals surface area contributed by atoms with Gasteiger partial charge in [-0.1, -0.05) is 21.6 Å². The van der Waals surface area contributed by atoms with Gasteiger partial charge < -0.3 is 41.4 Å². The monoisotopic (exact) mass is 608 g/mol. The van der Waals surface area contributed by atoms with Crippen molar-refractivity contribution < 1.29 is 19.1 Å². The Morgan fingerprint density at radius 2 is 0.775 bits per heavy atom. The zero-order chi connectivity index (χ0) is 30.0. The number of unbranched alkanes of at least 4 members (excludes halogenated alkanes) is 2. The number of hydrogen-bond donors (Lipinski definition) is 6. The van der Waals surface area contributed by atoms with E-state index in [4.69, 9.17) is 9.47 Å². The minimum absolute atomic E-state index is 0.337. The molecule has 0 aliphatic heterocycles. The molecule has 0 aromatic carbocycles. The molecule has 0 saturated heterocycles. The van der Waals surface area contributed by atoms with E-state index in [0.717, 1.165) is 102 Å². The van der Waals surface area contributed by atoms with Crippen LogP contribution < -0.4 is 31.9 Å². The fourth-order valence-corrected chi connectivity index (χ4v) is 5.18. The first-order valence-electron chi connectivity index (χ1n) is 15.0. The maximum Gasteiger partial charge on any atom is 0.407 e. The zero-order valence-corrected chi connectivity index (χ0v) is 27.8. The van der Waals surface area contributed by atoms with Crippen molar-refractivity contribution in [2.45, 2.75) is 91.3 Å². The first kappa shape index (κ1) is 39.1. The largest absolute Gasteiger partial charge is 0.444 e. The van der Waals surface area contributed by atoms with Crippen molar-refractivity contribution in [1.29, 1.82) is 0 Å². The summed E-state index contributed by atoms with van der Waals surface area (Å²) in [6, 6.07) is 0. The second-order valence-electron chi connectivity index (χ2n) is 11.6. The summed E-state index contributed by atoms with van der Waals surface area (Å²) in [4.78, 5) is 23.1. The van der Waals surface area contributed by atoms with Gasteiger partial charge in [0.05, 0.1) is 0 Å². The highest BCUT2D eigenvalue weighted by Gasteiger charge is 2.16. The second-order valence-corrected chi connectivity index (χ2v) is 14.3. The molecule has 0 heterocycles. The molecule has 238 valence electrons. The Morgan fingerprint density at radius 1 is 0.475 bits per heavy atom. The lowest BCUT2D eigenvalue weighted by Gasteiger charge is -2.19. The summed E-state index contributed by atoms with van der Waals surface area (Å²) in [6.45, 7) is 20.7. The predicted octanol–water partition coefficient (Wildman–Crippen LogP) is 4.12. The Bertz CT molecular complexity index is 567. The number of carbonyl (C=O) groups excluding carboxylic acids is 2. The summed E-state index contributed by atoms with van der Waals surface area (Å²) in [6.07, 6.45) is 5.56. The van der Waals surface area contributed by atoms with Gasteiger partial charge in [0, 0.05) is 37.7 Å². The Hall–Kier alpha value is -0.920. The fraction of sp³-hybridized carbons (Fsp3) is 0.929. The molecule has 0 spiro atoms. The molecule has 0 fully saturated rings. The van der Waals surface area contributed by atoms with E-state index in [1.807, 2.05) is 63.1 Å². The van der Waals surface area contributed by atoms with Crippen molar-refractivity contribution in [3.05, 3.63) is 0 Å². The molecule has 10 nitrogen and oxygen atoms in total. The van der Waals surface area contributed by atoms with Crippen molar-refractivity contribution >= 4 is 33.8 Å². The molecule has 0 unspecified atom stereocenters. The van der Waals surface area contributed by atoms with Gasteiger partial charge in [-0.15, -0.1) is 0 Å². The molecule has 0 bridgehead atoms. The van der Waals surface area contributed by atoms with E-state index in [2.05, 4.69) is 31.9 Å². The van der Waals surface area contributed by atoms with Gasteiger partial charge in [-0.25, -0.2) is 9.59 Å². The first-order valence-corrected chi connectivity index (χ1v) is 17.5. The van der Waals surface area contributed by atoms with Crippen LogP contribution in [0.1, 0.15) is 80.1 Å². The average Bonchev–Trinajstić information content (AvgIpc) is 2.84. The highest BCUT2D eigenvalue weighted by Crippen LogP contribution is 2.19. The van der Waals surface area contributed by atoms with Crippen molar-refractivity contribution in [2.24, 2.45) is 0 Å². The van der Waals surface area contributed by atoms with Crippen LogP contribution in [0.3, 0.4) is 0 Å². The van der Waals surface area contributed by atoms with Crippen LogP contribution >= 0.6 is 21.6 Å². The summed E-state index contributed by atoms with van der Waals surface area (Å²) in [5, 5.41) is 19.5. The average molecular weight is 609 g/mol. The topological polar surface area (TPSA) is 125 Å². The SMILES string of the molecule is CC(C)(C)OC(=O)NCCCCNCCCNCCSSCCNCCCNCCCCNC(=O)OC(C)(C)C. The zero-order valence-electron chi connectivity index (χ0n) is 26.2. The van der Waals surface area contributed by atoms with Crippen molar-refractivity contribution in [3.63, 3.8) is 0 Å². The van der Waals surface area contributed by atoms with Gasteiger partial charge in [-0.05, 0) is 119 Å². The quantitative estimate of drug-likeness (QED) is 0.0666. The molecular weight excluding hydrogens is 548 g/mol. The number of alkyl carbamates (subject to hydrolysis) is 2. The minimum atomic E-state index is -0.443. The Kier molecular flexibility index (Phi) is 25.2.